The predicted octanol–water partition coefficient (Wildman–Crippen LogP) is 2.98. The lowest BCUT2D eigenvalue weighted by molar-refractivity contribution is -0.140. The highest BCUT2D eigenvalue weighted by Crippen LogP contribution is 2.33. The largest absolute Gasteiger partial charge is 0.469 e. The normalized spacial score (nSPS) is 22.4. The van der Waals surface area contributed by atoms with E-state index in [1.54, 1.807) is 0 Å². The van der Waals surface area contributed by atoms with Gasteiger partial charge in [0, 0.05) is 30.4 Å². The number of fused-ring (bicyclic) bond motifs is 1. The SMILES string of the molecule is CC.COC(=O)CCCCCCNC(=O)CCCCC1SCC2NC(=O)NC21. The molecule has 2 aliphatic rings. The third-order valence-corrected chi connectivity index (χ3v) is 6.45. The number of ether oxygens (including phenoxy) is 1. The lowest BCUT2D eigenvalue weighted by atomic mass is 10.0. The monoisotopic (exact) mass is 415 g/mol. The number of nitrogens with one attached hydrogen (secondary N) is 3. The number of hydrogen-bond donors (Lipinski definition) is 3. The Bertz CT molecular complexity index is 490. The van der Waals surface area contributed by atoms with Crippen molar-refractivity contribution < 1.29 is 19.1 Å². The summed E-state index contributed by atoms with van der Waals surface area (Å²) >= 11 is 1.91. The fourth-order valence-corrected chi connectivity index (χ4v) is 4.98. The van der Waals surface area contributed by atoms with E-state index in [0.29, 0.717) is 24.6 Å². The van der Waals surface area contributed by atoms with E-state index in [2.05, 4.69) is 20.7 Å². The van der Waals surface area contributed by atoms with E-state index < -0.39 is 0 Å². The highest BCUT2D eigenvalue weighted by molar-refractivity contribution is 8.00. The highest BCUT2D eigenvalue weighted by Gasteiger charge is 2.42. The summed E-state index contributed by atoms with van der Waals surface area (Å²) in [5.74, 6) is 0.942. The van der Waals surface area contributed by atoms with Crippen molar-refractivity contribution in [2.75, 3.05) is 19.4 Å². The lowest BCUT2D eigenvalue weighted by Crippen LogP contribution is -2.36. The number of hydrogen-bond acceptors (Lipinski definition) is 5. The maximum absolute atomic E-state index is 11.8. The summed E-state index contributed by atoms with van der Waals surface area (Å²) in [6, 6.07) is 0.476. The minimum atomic E-state index is -0.156. The molecule has 3 atom stereocenters. The molecular weight excluding hydrogens is 378 g/mol. The van der Waals surface area contributed by atoms with Crippen LogP contribution in [0.2, 0.25) is 0 Å². The predicted molar refractivity (Wildman–Crippen MR) is 113 cm³/mol. The van der Waals surface area contributed by atoms with Gasteiger partial charge in [-0.1, -0.05) is 33.1 Å². The van der Waals surface area contributed by atoms with E-state index in [0.717, 1.165) is 50.7 Å². The summed E-state index contributed by atoms with van der Waals surface area (Å²) in [6.45, 7) is 4.71. The summed E-state index contributed by atoms with van der Waals surface area (Å²) in [7, 11) is 1.41. The Balaban J connectivity index is 0.00000190. The molecule has 2 heterocycles. The molecule has 0 aromatic heterocycles. The Morgan fingerprint density at radius 1 is 1.07 bits per heavy atom. The molecule has 2 aliphatic heterocycles. The zero-order valence-electron chi connectivity index (χ0n) is 17.6. The van der Waals surface area contributed by atoms with Crippen LogP contribution in [0.1, 0.15) is 71.6 Å². The molecule has 0 bridgehead atoms. The summed E-state index contributed by atoms with van der Waals surface area (Å²) in [4.78, 5) is 34.1. The average Bonchev–Trinajstić information content (AvgIpc) is 3.25. The van der Waals surface area contributed by atoms with Crippen molar-refractivity contribution in [3.63, 3.8) is 0 Å². The van der Waals surface area contributed by atoms with E-state index in [4.69, 9.17) is 0 Å². The first kappa shape index (κ1) is 24.6. The number of carbonyl (C=O) groups excluding carboxylic acids is 3. The minimum absolute atomic E-state index is 0.0463. The second kappa shape index (κ2) is 14.5. The number of carbonyl (C=O) groups is 3. The molecule has 0 radical (unpaired) electrons. The second-order valence-corrected chi connectivity index (χ2v) is 8.23. The van der Waals surface area contributed by atoms with E-state index in [-0.39, 0.29) is 30.0 Å². The smallest absolute Gasteiger partial charge is 0.315 e. The van der Waals surface area contributed by atoms with Crippen LogP contribution in [0, 0.1) is 0 Å². The molecule has 2 rings (SSSR count). The molecule has 0 saturated carbocycles. The Morgan fingerprint density at radius 2 is 1.79 bits per heavy atom. The van der Waals surface area contributed by atoms with Crippen LogP contribution in [0.3, 0.4) is 0 Å². The van der Waals surface area contributed by atoms with Gasteiger partial charge in [-0.25, -0.2) is 4.79 Å². The molecule has 2 fully saturated rings. The molecule has 8 heteroatoms. The van der Waals surface area contributed by atoms with Crippen molar-refractivity contribution in [3.8, 4) is 0 Å². The van der Waals surface area contributed by atoms with Crippen LogP contribution in [-0.4, -0.2) is 54.6 Å². The van der Waals surface area contributed by atoms with Gasteiger partial charge in [0.25, 0.3) is 0 Å². The number of thioether (sulfide) groups is 1. The number of esters is 1. The zero-order chi connectivity index (χ0) is 20.8. The average molecular weight is 416 g/mol. The number of methoxy groups -OCH3 is 1. The second-order valence-electron chi connectivity index (χ2n) is 6.96. The Kier molecular flexibility index (Phi) is 12.8. The first-order chi connectivity index (χ1) is 13.6. The van der Waals surface area contributed by atoms with Gasteiger partial charge in [0.05, 0.1) is 19.2 Å². The van der Waals surface area contributed by atoms with Crippen LogP contribution in [-0.2, 0) is 14.3 Å². The molecular formula is C20H37N3O4S. The first-order valence-corrected chi connectivity index (χ1v) is 11.7. The highest BCUT2D eigenvalue weighted by atomic mass is 32.2. The van der Waals surface area contributed by atoms with E-state index in [1.807, 2.05) is 25.6 Å². The van der Waals surface area contributed by atoms with Crippen LogP contribution in [0.5, 0.6) is 0 Å². The fourth-order valence-electron chi connectivity index (χ4n) is 3.44. The Hall–Kier alpha value is -1.44. The Labute approximate surface area is 173 Å². The molecule has 0 aromatic rings. The van der Waals surface area contributed by atoms with Crippen molar-refractivity contribution in [1.29, 1.82) is 0 Å². The fraction of sp³-hybridized carbons (Fsp3) is 0.850. The van der Waals surface area contributed by atoms with Crippen molar-refractivity contribution in [3.05, 3.63) is 0 Å². The first-order valence-electron chi connectivity index (χ1n) is 10.6. The molecule has 3 unspecified atom stereocenters. The van der Waals surface area contributed by atoms with Gasteiger partial charge in [-0.05, 0) is 25.7 Å². The zero-order valence-corrected chi connectivity index (χ0v) is 18.4. The number of rotatable bonds is 12. The molecule has 28 heavy (non-hydrogen) atoms. The summed E-state index contributed by atoms with van der Waals surface area (Å²) in [5.41, 5.74) is 0. The molecule has 2 saturated heterocycles. The number of urea groups is 1. The third kappa shape index (κ3) is 9.17. The standard InChI is InChI=1S/C18H31N3O4S.C2H6/c1-25-16(23)10-4-2-3-7-11-19-15(22)9-6-5-8-14-17-13(12-26-14)20-18(24)21-17;1-2/h13-14,17H,2-12H2,1H3,(H,19,22)(H2,20,21,24);1-2H3. The maximum Gasteiger partial charge on any atom is 0.315 e. The summed E-state index contributed by atoms with van der Waals surface area (Å²) in [5, 5.41) is 9.37. The number of unbranched alkanes of at least 4 members (excludes halogenated alkanes) is 4. The van der Waals surface area contributed by atoms with Gasteiger partial charge in [0.2, 0.25) is 5.91 Å². The van der Waals surface area contributed by atoms with Gasteiger partial charge in [-0.3, -0.25) is 9.59 Å². The van der Waals surface area contributed by atoms with Gasteiger partial charge in [-0.15, -0.1) is 0 Å². The van der Waals surface area contributed by atoms with E-state index >= 15 is 0 Å². The topological polar surface area (TPSA) is 96.5 Å². The molecule has 0 aliphatic carbocycles. The van der Waals surface area contributed by atoms with Gasteiger partial charge < -0.3 is 20.7 Å². The molecule has 3 N–H and O–H groups in total. The number of amides is 3. The maximum atomic E-state index is 11.8. The molecule has 0 spiro atoms. The van der Waals surface area contributed by atoms with Gasteiger partial charge >= 0.3 is 12.0 Å². The van der Waals surface area contributed by atoms with Crippen LogP contribution >= 0.6 is 11.8 Å². The van der Waals surface area contributed by atoms with Crippen LogP contribution in [0.4, 0.5) is 4.79 Å². The van der Waals surface area contributed by atoms with Crippen molar-refractivity contribution in [1.82, 2.24) is 16.0 Å². The molecule has 3 amide bonds. The molecule has 162 valence electrons. The van der Waals surface area contributed by atoms with Crippen molar-refractivity contribution >= 4 is 29.7 Å². The van der Waals surface area contributed by atoms with Crippen molar-refractivity contribution in [2.24, 2.45) is 0 Å². The van der Waals surface area contributed by atoms with Gasteiger partial charge in [-0.2, -0.15) is 11.8 Å². The van der Waals surface area contributed by atoms with Gasteiger partial charge in [0.15, 0.2) is 0 Å². The third-order valence-electron chi connectivity index (χ3n) is 4.94. The lowest BCUT2D eigenvalue weighted by Gasteiger charge is -2.16. The quantitative estimate of drug-likeness (QED) is 0.259. The van der Waals surface area contributed by atoms with E-state index in [9.17, 15) is 14.4 Å². The van der Waals surface area contributed by atoms with Gasteiger partial charge in [0.1, 0.15) is 0 Å². The molecule has 7 nitrogen and oxygen atoms in total. The van der Waals surface area contributed by atoms with E-state index in [1.165, 1.54) is 7.11 Å². The van der Waals surface area contributed by atoms with Crippen LogP contribution < -0.4 is 16.0 Å². The summed E-state index contributed by atoms with van der Waals surface area (Å²) < 4.78 is 4.60. The van der Waals surface area contributed by atoms with Crippen LogP contribution in [0.25, 0.3) is 0 Å². The molecule has 0 aromatic carbocycles. The van der Waals surface area contributed by atoms with Crippen LogP contribution in [0.15, 0.2) is 0 Å². The van der Waals surface area contributed by atoms with Crippen molar-refractivity contribution in [2.45, 2.75) is 89.0 Å². The Morgan fingerprint density at radius 3 is 2.54 bits per heavy atom. The summed E-state index contributed by atoms with van der Waals surface area (Å²) in [6.07, 6.45) is 7.77. The minimum Gasteiger partial charge on any atom is -0.469 e.